The number of amides is 2. The summed E-state index contributed by atoms with van der Waals surface area (Å²) in [7, 11) is 0. The number of carbonyl (C=O) groups excluding carboxylic acids is 3. The van der Waals surface area contributed by atoms with E-state index in [2.05, 4.69) is 31.8 Å². The van der Waals surface area contributed by atoms with Crippen molar-refractivity contribution in [3.63, 3.8) is 0 Å². The molecule has 10 nitrogen and oxygen atoms in total. The van der Waals surface area contributed by atoms with Gasteiger partial charge in [0, 0.05) is 48.5 Å². The standard InChI is InChI=1S/C30H16BrCl3N4O6S/c31-17-3-10-24(44-30(41)27-26(34)22-9-7-20(38(42)43)13-25(22)45-27)16(11-17)14-35-37-28(39)15-1-5-19(6-2-15)36-29(40)21-8-4-18(32)12-23(21)33/h1-14H,(H,36,40)(H,37,39)/b35-14-. The molecule has 1 heterocycles. The van der Waals surface area contributed by atoms with Crippen LogP contribution in [0.2, 0.25) is 15.1 Å². The number of fused-ring (bicyclic) bond motifs is 1. The van der Waals surface area contributed by atoms with E-state index in [4.69, 9.17) is 39.5 Å². The van der Waals surface area contributed by atoms with Crippen LogP contribution >= 0.6 is 62.1 Å². The summed E-state index contributed by atoms with van der Waals surface area (Å²) in [5, 5.41) is 19.0. The summed E-state index contributed by atoms with van der Waals surface area (Å²) in [4.78, 5) is 48.9. The van der Waals surface area contributed by atoms with Gasteiger partial charge in [0.05, 0.1) is 26.7 Å². The minimum Gasteiger partial charge on any atom is -0.422 e. The highest BCUT2D eigenvalue weighted by atomic mass is 79.9. The van der Waals surface area contributed by atoms with Gasteiger partial charge < -0.3 is 10.1 Å². The summed E-state index contributed by atoms with van der Waals surface area (Å²) < 4.78 is 6.70. The van der Waals surface area contributed by atoms with E-state index in [1.165, 1.54) is 54.7 Å². The molecule has 0 bridgehead atoms. The van der Waals surface area contributed by atoms with E-state index in [1.807, 2.05) is 0 Å². The van der Waals surface area contributed by atoms with Gasteiger partial charge in [0.2, 0.25) is 0 Å². The maximum Gasteiger partial charge on any atom is 0.355 e. The number of hydrogen-bond donors (Lipinski definition) is 2. The van der Waals surface area contributed by atoms with Crippen molar-refractivity contribution in [2.45, 2.75) is 0 Å². The molecule has 0 spiro atoms. The largest absolute Gasteiger partial charge is 0.422 e. The number of anilines is 1. The number of nitro groups is 1. The molecule has 0 saturated heterocycles. The van der Waals surface area contributed by atoms with Gasteiger partial charge in [-0.1, -0.05) is 50.7 Å². The Morgan fingerprint density at radius 3 is 2.40 bits per heavy atom. The van der Waals surface area contributed by atoms with Crippen LogP contribution in [0.5, 0.6) is 5.75 Å². The molecule has 5 rings (SSSR count). The van der Waals surface area contributed by atoms with Crippen molar-refractivity contribution in [1.82, 2.24) is 5.43 Å². The van der Waals surface area contributed by atoms with Crippen LogP contribution in [0.1, 0.15) is 36.0 Å². The maximum absolute atomic E-state index is 13.0. The van der Waals surface area contributed by atoms with Gasteiger partial charge in [-0.15, -0.1) is 11.3 Å². The first-order valence-corrected chi connectivity index (χ1v) is 15.3. The molecule has 2 amide bonds. The summed E-state index contributed by atoms with van der Waals surface area (Å²) >= 11 is 22.7. The second-order valence-corrected chi connectivity index (χ2v) is 12.3. The number of non-ortho nitro benzene ring substituents is 1. The van der Waals surface area contributed by atoms with Crippen LogP contribution < -0.4 is 15.5 Å². The van der Waals surface area contributed by atoms with Crippen molar-refractivity contribution in [3.05, 3.63) is 130 Å². The lowest BCUT2D eigenvalue weighted by molar-refractivity contribution is -0.384. The van der Waals surface area contributed by atoms with Crippen molar-refractivity contribution in [1.29, 1.82) is 0 Å². The van der Waals surface area contributed by atoms with E-state index in [1.54, 1.807) is 30.3 Å². The minimum absolute atomic E-state index is 0.0715. The van der Waals surface area contributed by atoms with Crippen LogP contribution in [0.3, 0.4) is 0 Å². The van der Waals surface area contributed by atoms with Gasteiger partial charge in [0.25, 0.3) is 17.5 Å². The number of esters is 1. The van der Waals surface area contributed by atoms with E-state index in [0.29, 0.717) is 30.8 Å². The molecule has 0 aliphatic rings. The highest BCUT2D eigenvalue weighted by Crippen LogP contribution is 2.38. The van der Waals surface area contributed by atoms with Crippen molar-refractivity contribution < 1.29 is 24.0 Å². The Morgan fingerprint density at radius 2 is 1.69 bits per heavy atom. The van der Waals surface area contributed by atoms with Crippen LogP contribution in [0.4, 0.5) is 11.4 Å². The quantitative estimate of drug-likeness (QED) is 0.0535. The molecule has 0 aliphatic carbocycles. The maximum atomic E-state index is 13.0. The molecule has 45 heavy (non-hydrogen) atoms. The van der Waals surface area contributed by atoms with Gasteiger partial charge >= 0.3 is 5.97 Å². The van der Waals surface area contributed by atoms with Crippen LogP contribution in [0.25, 0.3) is 10.1 Å². The van der Waals surface area contributed by atoms with Crippen LogP contribution in [-0.4, -0.2) is 28.9 Å². The topological polar surface area (TPSA) is 140 Å². The first-order chi connectivity index (χ1) is 21.5. The molecule has 0 aliphatic heterocycles. The molecule has 226 valence electrons. The first kappa shape index (κ1) is 32.1. The second-order valence-electron chi connectivity index (χ2n) is 9.11. The number of ether oxygens (including phenoxy) is 1. The normalized spacial score (nSPS) is 11.0. The fraction of sp³-hybridized carbons (Fsp3) is 0. The van der Waals surface area contributed by atoms with Crippen LogP contribution in [0, 0.1) is 10.1 Å². The third-order valence-electron chi connectivity index (χ3n) is 6.13. The highest BCUT2D eigenvalue weighted by molar-refractivity contribution is 9.10. The number of hydrazone groups is 1. The summed E-state index contributed by atoms with van der Waals surface area (Å²) in [6, 6.07) is 19.5. The Morgan fingerprint density at radius 1 is 0.933 bits per heavy atom. The molecule has 0 fully saturated rings. The lowest BCUT2D eigenvalue weighted by Crippen LogP contribution is -2.18. The summed E-state index contributed by atoms with van der Waals surface area (Å²) in [5.74, 6) is -1.62. The molecule has 2 N–H and O–H groups in total. The fourth-order valence-corrected chi connectivity index (χ4v) is 6.25. The van der Waals surface area contributed by atoms with E-state index >= 15 is 0 Å². The Labute approximate surface area is 281 Å². The molecule has 1 aromatic heterocycles. The zero-order valence-corrected chi connectivity index (χ0v) is 27.0. The average Bonchev–Trinajstić information content (AvgIpc) is 3.34. The van der Waals surface area contributed by atoms with Gasteiger partial charge in [-0.25, -0.2) is 10.2 Å². The summed E-state index contributed by atoms with van der Waals surface area (Å²) in [6.45, 7) is 0. The van der Waals surface area contributed by atoms with Crippen molar-refractivity contribution >= 4 is 108 Å². The number of thiophene rings is 1. The fourth-order valence-electron chi connectivity index (χ4n) is 3.96. The van der Waals surface area contributed by atoms with Crippen LogP contribution in [0.15, 0.2) is 88.4 Å². The third kappa shape index (κ3) is 7.49. The van der Waals surface area contributed by atoms with Gasteiger partial charge in [-0.05, 0) is 66.7 Å². The molecule has 0 saturated carbocycles. The molecule has 4 aromatic carbocycles. The minimum atomic E-state index is -0.768. The Hall–Kier alpha value is -4.33. The van der Waals surface area contributed by atoms with Gasteiger partial charge in [0.15, 0.2) is 0 Å². The Kier molecular flexibility index (Phi) is 9.80. The molecule has 0 atom stereocenters. The lowest BCUT2D eigenvalue weighted by Gasteiger charge is -2.08. The molecule has 0 unspecified atom stereocenters. The third-order valence-corrected chi connectivity index (χ3v) is 8.81. The highest BCUT2D eigenvalue weighted by Gasteiger charge is 2.22. The zero-order chi connectivity index (χ0) is 32.2. The van der Waals surface area contributed by atoms with Gasteiger partial charge in [-0.2, -0.15) is 5.10 Å². The van der Waals surface area contributed by atoms with Crippen LogP contribution in [-0.2, 0) is 0 Å². The predicted octanol–water partition coefficient (Wildman–Crippen LogP) is 8.77. The first-order valence-electron chi connectivity index (χ1n) is 12.6. The predicted molar refractivity (Wildman–Crippen MR) is 179 cm³/mol. The Bertz CT molecular complexity index is 2030. The number of nitro benzene ring substituents is 1. The summed E-state index contributed by atoms with van der Waals surface area (Å²) in [6.07, 6.45) is 1.30. The SMILES string of the molecule is O=C(N/N=C\c1cc(Br)ccc1OC(=O)c1sc2cc([N+](=O)[O-])ccc2c1Cl)c1ccc(NC(=O)c2ccc(Cl)cc2Cl)cc1. The number of nitrogens with zero attached hydrogens (tertiary/aromatic N) is 2. The van der Waals surface area contributed by atoms with Gasteiger partial charge in [0.1, 0.15) is 10.6 Å². The number of halogens is 4. The number of carbonyl (C=O) groups is 3. The number of nitrogens with one attached hydrogen (secondary N) is 2. The average molecular weight is 747 g/mol. The monoisotopic (exact) mass is 744 g/mol. The van der Waals surface area contributed by atoms with Crippen molar-refractivity contribution in [2.75, 3.05) is 5.32 Å². The molecular weight excluding hydrogens is 731 g/mol. The van der Waals surface area contributed by atoms with E-state index in [9.17, 15) is 24.5 Å². The smallest absolute Gasteiger partial charge is 0.355 e. The molecule has 5 aromatic rings. The van der Waals surface area contributed by atoms with E-state index in [0.717, 1.165) is 11.3 Å². The summed E-state index contributed by atoms with van der Waals surface area (Å²) in [5.41, 5.74) is 3.56. The zero-order valence-electron chi connectivity index (χ0n) is 22.3. The number of hydrogen-bond acceptors (Lipinski definition) is 8. The number of rotatable bonds is 8. The second kappa shape index (κ2) is 13.8. The van der Waals surface area contributed by atoms with E-state index in [-0.39, 0.29) is 37.5 Å². The molecule has 0 radical (unpaired) electrons. The van der Waals surface area contributed by atoms with E-state index < -0.39 is 22.7 Å². The molecular formula is C30H16BrCl3N4O6S. The molecule has 15 heteroatoms. The van der Waals surface area contributed by atoms with Crippen molar-refractivity contribution in [3.8, 4) is 5.75 Å². The van der Waals surface area contributed by atoms with Crippen molar-refractivity contribution in [2.24, 2.45) is 5.10 Å². The number of benzene rings is 4. The lowest BCUT2D eigenvalue weighted by atomic mass is 10.1. The van der Waals surface area contributed by atoms with Gasteiger partial charge in [-0.3, -0.25) is 19.7 Å². The Balaban J connectivity index is 1.25.